The summed E-state index contributed by atoms with van der Waals surface area (Å²) in [5.74, 6) is 0.531. The summed E-state index contributed by atoms with van der Waals surface area (Å²) in [6, 6.07) is 7.18. The van der Waals surface area contributed by atoms with E-state index < -0.39 is 11.6 Å². The third-order valence-corrected chi connectivity index (χ3v) is 4.42. The van der Waals surface area contributed by atoms with Crippen LogP contribution >= 0.6 is 11.8 Å². The Hall–Kier alpha value is -2.08. The minimum absolute atomic E-state index is 0.193. The lowest BCUT2D eigenvalue weighted by Gasteiger charge is -2.04. The molecule has 0 fully saturated rings. The van der Waals surface area contributed by atoms with Gasteiger partial charge in [-0.2, -0.15) is 4.24 Å². The molecule has 0 amide bonds. The lowest BCUT2D eigenvalue weighted by Crippen LogP contribution is -2.40. The number of halogens is 2. The summed E-state index contributed by atoms with van der Waals surface area (Å²) in [5.41, 5.74) is 0. The predicted octanol–water partition coefficient (Wildman–Crippen LogP) is 3.90. The van der Waals surface area contributed by atoms with Gasteiger partial charge in [-0.1, -0.05) is 32.2 Å². The minimum atomic E-state index is -0.590. The summed E-state index contributed by atoms with van der Waals surface area (Å²) in [5, 5.41) is 8.99. The van der Waals surface area contributed by atoms with Gasteiger partial charge in [-0.3, -0.25) is 0 Å². The lowest BCUT2D eigenvalue weighted by molar-refractivity contribution is -0.525. The fourth-order valence-corrected chi connectivity index (χ4v) is 3.07. The smallest absolute Gasteiger partial charge is 0.207 e. The molecule has 3 nitrogen and oxygen atoms in total. The van der Waals surface area contributed by atoms with Gasteiger partial charge in [0.2, 0.25) is 0 Å². The van der Waals surface area contributed by atoms with E-state index in [1.165, 1.54) is 23.9 Å². The summed E-state index contributed by atoms with van der Waals surface area (Å²) in [6.07, 6.45) is 0. The molecule has 0 bridgehead atoms. The molecule has 6 heteroatoms. The van der Waals surface area contributed by atoms with Crippen LogP contribution in [0.5, 0.6) is 0 Å². The molecule has 2 aromatic rings. The Morgan fingerprint density at radius 3 is 2.50 bits per heavy atom. The Morgan fingerprint density at radius 2 is 1.82 bits per heavy atom. The van der Waals surface area contributed by atoms with E-state index in [9.17, 15) is 8.78 Å². The topological polar surface area (TPSA) is 30.6 Å². The van der Waals surface area contributed by atoms with E-state index in [2.05, 4.69) is 16.8 Å². The largest absolute Gasteiger partial charge is 0.310 e. The molecular weight excluding hydrogens is 304 g/mol. The van der Waals surface area contributed by atoms with E-state index in [1.54, 1.807) is 0 Å². The number of azo groups is 1. The first-order chi connectivity index (χ1) is 10.5. The van der Waals surface area contributed by atoms with Crippen LogP contribution in [0.2, 0.25) is 0 Å². The van der Waals surface area contributed by atoms with E-state index in [1.807, 2.05) is 30.2 Å². The number of benzene rings is 1. The molecule has 2 heterocycles. The van der Waals surface area contributed by atoms with Crippen molar-refractivity contribution in [3.8, 4) is 0 Å². The molecular formula is C16H14F2N3S+. The van der Waals surface area contributed by atoms with E-state index in [0.717, 1.165) is 16.8 Å². The molecule has 1 aliphatic heterocycles. The molecule has 0 unspecified atom stereocenters. The van der Waals surface area contributed by atoms with Crippen LogP contribution in [0.25, 0.3) is 6.58 Å². The summed E-state index contributed by atoms with van der Waals surface area (Å²) in [4.78, 5) is 1.13. The van der Waals surface area contributed by atoms with Crippen LogP contribution in [0.4, 0.5) is 14.6 Å². The van der Waals surface area contributed by atoms with Crippen molar-refractivity contribution in [3.05, 3.63) is 53.2 Å². The van der Waals surface area contributed by atoms with Crippen molar-refractivity contribution >= 4 is 24.2 Å². The highest BCUT2D eigenvalue weighted by molar-refractivity contribution is 7.99. The SMILES string of the molecule is C=c1c(Sc2ccc(F)cc2F)ccc2[n+]1=C(C(C)C)N=N2. The van der Waals surface area contributed by atoms with Gasteiger partial charge in [-0.25, -0.2) is 8.78 Å². The van der Waals surface area contributed by atoms with E-state index in [0.29, 0.717) is 16.1 Å². The monoisotopic (exact) mass is 318 g/mol. The first-order valence-corrected chi connectivity index (χ1v) is 7.62. The zero-order chi connectivity index (χ0) is 15.9. The average Bonchev–Trinajstić information content (AvgIpc) is 2.89. The van der Waals surface area contributed by atoms with Gasteiger partial charge in [-0.05, 0) is 18.2 Å². The van der Waals surface area contributed by atoms with Gasteiger partial charge >= 0.3 is 5.82 Å². The Morgan fingerprint density at radius 1 is 1.09 bits per heavy atom. The number of nitrogens with zero attached hydrogens (tertiary/aromatic N) is 3. The molecule has 0 aliphatic carbocycles. The zero-order valence-electron chi connectivity index (χ0n) is 12.2. The minimum Gasteiger partial charge on any atom is -0.207 e. The molecule has 1 aromatic carbocycles. The van der Waals surface area contributed by atoms with Crippen LogP contribution in [0.15, 0.2) is 50.4 Å². The maximum absolute atomic E-state index is 13.8. The highest BCUT2D eigenvalue weighted by Gasteiger charge is 2.24. The van der Waals surface area contributed by atoms with Gasteiger partial charge in [0.15, 0.2) is 0 Å². The number of aromatic nitrogens is 1. The molecule has 22 heavy (non-hydrogen) atoms. The van der Waals surface area contributed by atoms with Crippen LogP contribution in [-0.2, 0) is 0 Å². The fraction of sp³-hybridized carbons (Fsp3) is 0.188. The van der Waals surface area contributed by atoms with Crippen molar-refractivity contribution in [2.75, 3.05) is 0 Å². The molecule has 0 radical (unpaired) electrons. The molecule has 0 spiro atoms. The van der Waals surface area contributed by atoms with Crippen molar-refractivity contribution in [1.82, 2.24) is 0 Å². The van der Waals surface area contributed by atoms with Crippen molar-refractivity contribution in [1.29, 1.82) is 0 Å². The second-order valence-corrected chi connectivity index (χ2v) is 6.31. The first-order valence-electron chi connectivity index (χ1n) is 6.80. The highest BCUT2D eigenvalue weighted by Crippen LogP contribution is 2.28. The molecule has 0 atom stereocenters. The van der Waals surface area contributed by atoms with Crippen LogP contribution in [0.1, 0.15) is 13.8 Å². The Bertz CT molecular complexity index is 891. The molecule has 1 aliphatic rings. The average molecular weight is 318 g/mol. The fourth-order valence-electron chi connectivity index (χ4n) is 2.19. The lowest BCUT2D eigenvalue weighted by atomic mass is 10.2. The summed E-state index contributed by atoms with van der Waals surface area (Å²) in [6.45, 7) is 8.12. The second-order valence-electron chi connectivity index (χ2n) is 5.23. The molecule has 1 aromatic heterocycles. The van der Waals surface area contributed by atoms with E-state index >= 15 is 0 Å². The van der Waals surface area contributed by atoms with Crippen molar-refractivity contribution < 1.29 is 13.0 Å². The molecule has 0 saturated heterocycles. The van der Waals surface area contributed by atoms with Crippen molar-refractivity contribution in [3.63, 3.8) is 0 Å². The van der Waals surface area contributed by atoms with Gasteiger partial charge in [0.25, 0.3) is 5.84 Å². The van der Waals surface area contributed by atoms with Gasteiger partial charge in [0.1, 0.15) is 17.0 Å². The third kappa shape index (κ3) is 2.54. The quantitative estimate of drug-likeness (QED) is 0.789. The Labute approximate surface area is 130 Å². The molecule has 0 saturated carbocycles. The third-order valence-electron chi connectivity index (χ3n) is 3.28. The number of pyridine rings is 1. The normalized spacial score (nSPS) is 13.0. The Kier molecular flexibility index (Phi) is 3.78. The summed E-state index contributed by atoms with van der Waals surface area (Å²) < 4.78 is 28.7. The summed E-state index contributed by atoms with van der Waals surface area (Å²) in [7, 11) is 0. The maximum Gasteiger partial charge on any atom is 0.310 e. The second kappa shape index (κ2) is 5.61. The standard InChI is InChI=1S/C16H14F2N3S/c1-9(2)16-20-19-15-7-6-13(10(3)21(15)16)22-14-5-4-11(17)8-12(14)18/h4-9H,3H2,1-2H3/q+1. The van der Waals surface area contributed by atoms with Gasteiger partial charge in [0, 0.05) is 22.9 Å². The number of fused-ring (bicyclic) bond motifs is 1. The molecule has 112 valence electrons. The summed E-state index contributed by atoms with van der Waals surface area (Å²) >= 11 is 1.21. The van der Waals surface area contributed by atoms with Crippen LogP contribution in [0.3, 0.4) is 0 Å². The zero-order valence-corrected chi connectivity index (χ0v) is 13.0. The number of hydrogen-bond donors (Lipinski definition) is 0. The molecule has 3 rings (SSSR count). The van der Waals surface area contributed by atoms with Crippen LogP contribution in [-0.4, -0.2) is 0 Å². The van der Waals surface area contributed by atoms with Crippen LogP contribution in [0, 0.1) is 23.4 Å². The predicted molar refractivity (Wildman–Crippen MR) is 80.3 cm³/mol. The maximum atomic E-state index is 13.8. The van der Waals surface area contributed by atoms with E-state index in [4.69, 9.17) is 0 Å². The van der Waals surface area contributed by atoms with Crippen LogP contribution < -0.4 is 9.59 Å². The Balaban J connectivity index is 2.10. The first kappa shape index (κ1) is 14.8. The van der Waals surface area contributed by atoms with Gasteiger partial charge in [-0.15, -0.1) is 0 Å². The van der Waals surface area contributed by atoms with E-state index in [-0.39, 0.29) is 5.92 Å². The van der Waals surface area contributed by atoms with Gasteiger partial charge < -0.3 is 0 Å². The number of hydrogen-bond acceptors (Lipinski definition) is 3. The highest BCUT2D eigenvalue weighted by atomic mass is 32.2. The number of rotatable bonds is 3. The van der Waals surface area contributed by atoms with Crippen molar-refractivity contribution in [2.45, 2.75) is 23.6 Å². The van der Waals surface area contributed by atoms with Crippen molar-refractivity contribution in [2.24, 2.45) is 16.1 Å². The molecule has 0 N–H and O–H groups in total. The van der Waals surface area contributed by atoms with Gasteiger partial charge in [0.05, 0.1) is 15.1 Å².